The smallest absolute Gasteiger partial charge is 0.309 e. The highest BCUT2D eigenvalue weighted by molar-refractivity contribution is 5.98. The normalized spacial score (nSPS) is 40.1. The number of allylic oxidation sites excluding steroid dienone is 4. The maximum absolute atomic E-state index is 12.6. The van der Waals surface area contributed by atoms with Gasteiger partial charge in [0.05, 0.1) is 5.41 Å². The second-order valence-corrected chi connectivity index (χ2v) is 8.51. The summed E-state index contributed by atoms with van der Waals surface area (Å²) in [6.07, 6.45) is 8.42. The number of Topliss-reactive ketones (excluding diaryl/α,β-unsaturated/α-hetero) is 1. The maximum atomic E-state index is 12.6. The third-order valence-electron chi connectivity index (χ3n) is 6.91. The fourth-order valence-corrected chi connectivity index (χ4v) is 5.45. The zero-order valence-electron chi connectivity index (χ0n) is 14.7. The molecule has 0 heterocycles. The van der Waals surface area contributed by atoms with Gasteiger partial charge in [-0.05, 0) is 60.5 Å². The lowest BCUT2D eigenvalue weighted by atomic mass is 9.47. The highest BCUT2D eigenvalue weighted by Crippen LogP contribution is 2.61. The molecule has 0 aromatic carbocycles. The number of carboxylic acids is 1. The van der Waals surface area contributed by atoms with Gasteiger partial charge in [-0.25, -0.2) is 0 Å². The van der Waals surface area contributed by atoms with Gasteiger partial charge in [-0.2, -0.15) is 0 Å². The topological polar surface area (TPSA) is 54.4 Å². The Labute approximate surface area is 138 Å². The number of carbonyl (C=O) groups excluding carboxylic acids is 1. The Bertz CT molecular complexity index is 612. The molecule has 1 fully saturated rings. The largest absolute Gasteiger partial charge is 0.481 e. The molecule has 3 heteroatoms. The lowest BCUT2D eigenvalue weighted by Crippen LogP contribution is -2.53. The van der Waals surface area contributed by atoms with Crippen molar-refractivity contribution < 1.29 is 14.7 Å². The number of fused-ring (bicyclic) bond motifs is 3. The number of carbonyl (C=O) groups is 2. The molecule has 0 aromatic rings. The predicted octanol–water partition coefficient (Wildman–Crippen LogP) is 4.39. The SMILES string of the molecule is CC(C)C1=CC2=CC[C@@H]3[C@](C)(CCC[C@@]3(C)C(=O)O)[C@@H]2CC1=O. The Hall–Kier alpha value is -1.38. The van der Waals surface area contributed by atoms with E-state index in [1.165, 1.54) is 5.57 Å². The second kappa shape index (κ2) is 5.32. The first-order chi connectivity index (χ1) is 10.7. The van der Waals surface area contributed by atoms with Gasteiger partial charge in [-0.1, -0.05) is 39.3 Å². The molecule has 1 saturated carbocycles. The van der Waals surface area contributed by atoms with Gasteiger partial charge in [-0.15, -0.1) is 0 Å². The second-order valence-electron chi connectivity index (χ2n) is 8.51. The summed E-state index contributed by atoms with van der Waals surface area (Å²) in [5, 5.41) is 9.81. The van der Waals surface area contributed by atoms with E-state index in [0.717, 1.165) is 31.3 Å². The highest BCUT2D eigenvalue weighted by atomic mass is 16.4. The van der Waals surface area contributed by atoms with Crippen LogP contribution in [0.3, 0.4) is 0 Å². The molecule has 3 aliphatic carbocycles. The van der Waals surface area contributed by atoms with Crippen molar-refractivity contribution in [2.45, 2.75) is 59.8 Å². The minimum atomic E-state index is -0.675. The first kappa shape index (κ1) is 16.5. The predicted molar refractivity (Wildman–Crippen MR) is 89.9 cm³/mol. The quantitative estimate of drug-likeness (QED) is 0.822. The van der Waals surface area contributed by atoms with Crippen molar-refractivity contribution in [3.63, 3.8) is 0 Å². The Morgan fingerprint density at radius 1 is 1.30 bits per heavy atom. The van der Waals surface area contributed by atoms with E-state index in [2.05, 4.69) is 32.9 Å². The summed E-state index contributed by atoms with van der Waals surface area (Å²) in [5.41, 5.74) is 1.47. The molecule has 3 rings (SSSR count). The number of rotatable bonds is 2. The summed E-state index contributed by atoms with van der Waals surface area (Å²) in [6, 6.07) is 0. The van der Waals surface area contributed by atoms with Gasteiger partial charge >= 0.3 is 5.97 Å². The van der Waals surface area contributed by atoms with Crippen LogP contribution in [-0.4, -0.2) is 16.9 Å². The van der Waals surface area contributed by atoms with Crippen LogP contribution in [0, 0.1) is 28.6 Å². The summed E-state index contributed by atoms with van der Waals surface area (Å²) >= 11 is 0. The van der Waals surface area contributed by atoms with Crippen molar-refractivity contribution in [1.82, 2.24) is 0 Å². The molecule has 0 amide bonds. The molecule has 0 saturated heterocycles. The summed E-state index contributed by atoms with van der Waals surface area (Å²) < 4.78 is 0. The Morgan fingerprint density at radius 2 is 2.00 bits per heavy atom. The van der Waals surface area contributed by atoms with Crippen molar-refractivity contribution in [1.29, 1.82) is 0 Å². The number of ketones is 1. The monoisotopic (exact) mass is 316 g/mol. The Balaban J connectivity index is 2.05. The van der Waals surface area contributed by atoms with Gasteiger partial charge in [0.15, 0.2) is 5.78 Å². The third kappa shape index (κ3) is 2.31. The lowest BCUT2D eigenvalue weighted by molar-refractivity contribution is -0.162. The molecular weight excluding hydrogens is 288 g/mol. The summed E-state index contributed by atoms with van der Waals surface area (Å²) in [6.45, 7) is 8.29. The fraction of sp³-hybridized carbons (Fsp3) is 0.700. The van der Waals surface area contributed by atoms with E-state index in [4.69, 9.17) is 0 Å². The fourth-order valence-electron chi connectivity index (χ4n) is 5.45. The van der Waals surface area contributed by atoms with Gasteiger partial charge < -0.3 is 5.11 Å². The molecule has 0 spiro atoms. The summed E-state index contributed by atoms with van der Waals surface area (Å²) in [4.78, 5) is 24.5. The van der Waals surface area contributed by atoms with Crippen LogP contribution in [0.5, 0.6) is 0 Å². The van der Waals surface area contributed by atoms with Crippen molar-refractivity contribution >= 4 is 11.8 Å². The van der Waals surface area contributed by atoms with Crippen LogP contribution in [0.1, 0.15) is 59.8 Å². The molecule has 3 aliphatic rings. The van der Waals surface area contributed by atoms with Crippen molar-refractivity contribution in [3.05, 3.63) is 23.3 Å². The van der Waals surface area contributed by atoms with E-state index in [-0.39, 0.29) is 29.0 Å². The Morgan fingerprint density at radius 3 is 2.61 bits per heavy atom. The van der Waals surface area contributed by atoms with Crippen molar-refractivity contribution in [3.8, 4) is 0 Å². The zero-order valence-corrected chi connectivity index (χ0v) is 14.7. The molecule has 23 heavy (non-hydrogen) atoms. The average molecular weight is 316 g/mol. The van der Waals surface area contributed by atoms with Gasteiger partial charge in [0.2, 0.25) is 0 Å². The molecule has 3 nitrogen and oxygen atoms in total. The molecule has 0 radical (unpaired) electrons. The molecule has 0 bridgehead atoms. The van der Waals surface area contributed by atoms with Gasteiger partial charge in [0.1, 0.15) is 0 Å². The lowest BCUT2D eigenvalue weighted by Gasteiger charge is -2.56. The van der Waals surface area contributed by atoms with Crippen molar-refractivity contribution in [2.24, 2.45) is 28.6 Å². The van der Waals surface area contributed by atoms with Crippen LogP contribution in [0.4, 0.5) is 0 Å². The molecule has 0 aromatic heterocycles. The standard InChI is InChI=1S/C20H28O3/c1-12(2)14-10-13-6-7-17-19(3,15(13)11-16(14)21)8-5-9-20(17,4)18(22)23/h6,10,12,15,17H,5,7-9,11H2,1-4H3,(H,22,23)/t15-,17-,19-,20-/m1/s1. The highest BCUT2D eigenvalue weighted by Gasteiger charge is 2.57. The van der Waals surface area contributed by atoms with Gasteiger partial charge in [0, 0.05) is 6.42 Å². The first-order valence-corrected chi connectivity index (χ1v) is 8.88. The minimum absolute atomic E-state index is 0.0792. The molecular formula is C20H28O3. The van der Waals surface area contributed by atoms with Crippen LogP contribution >= 0.6 is 0 Å². The van der Waals surface area contributed by atoms with E-state index >= 15 is 0 Å². The van der Waals surface area contributed by atoms with Crippen LogP contribution < -0.4 is 0 Å². The molecule has 4 atom stereocenters. The number of aliphatic carboxylic acids is 1. The third-order valence-corrected chi connectivity index (χ3v) is 6.91. The van der Waals surface area contributed by atoms with Crippen LogP contribution in [0.2, 0.25) is 0 Å². The van der Waals surface area contributed by atoms with E-state index in [1.807, 2.05) is 6.92 Å². The molecule has 0 unspecified atom stereocenters. The number of carboxylic acid groups (broad SMARTS) is 1. The maximum Gasteiger partial charge on any atom is 0.309 e. The van der Waals surface area contributed by atoms with Crippen molar-refractivity contribution in [2.75, 3.05) is 0 Å². The van der Waals surface area contributed by atoms with Crippen LogP contribution in [0.25, 0.3) is 0 Å². The molecule has 1 N–H and O–H groups in total. The van der Waals surface area contributed by atoms with E-state index in [1.54, 1.807) is 0 Å². The first-order valence-electron chi connectivity index (χ1n) is 8.88. The van der Waals surface area contributed by atoms with Gasteiger partial charge in [-0.3, -0.25) is 9.59 Å². The Kier molecular flexibility index (Phi) is 3.81. The van der Waals surface area contributed by atoms with Gasteiger partial charge in [0.25, 0.3) is 0 Å². The van der Waals surface area contributed by atoms with E-state index < -0.39 is 11.4 Å². The van der Waals surface area contributed by atoms with Crippen LogP contribution in [0.15, 0.2) is 23.3 Å². The molecule has 126 valence electrons. The number of hydrogen-bond acceptors (Lipinski definition) is 2. The molecule has 0 aliphatic heterocycles. The minimum Gasteiger partial charge on any atom is -0.481 e. The van der Waals surface area contributed by atoms with E-state index in [0.29, 0.717) is 6.42 Å². The zero-order chi connectivity index (χ0) is 17.0. The summed E-state index contributed by atoms with van der Waals surface area (Å²) in [5.74, 6) is 0.148. The van der Waals surface area contributed by atoms with E-state index in [9.17, 15) is 14.7 Å². The number of hydrogen-bond donors (Lipinski definition) is 1. The average Bonchev–Trinajstić information content (AvgIpc) is 2.46. The summed E-state index contributed by atoms with van der Waals surface area (Å²) in [7, 11) is 0. The van der Waals surface area contributed by atoms with Crippen LogP contribution in [-0.2, 0) is 9.59 Å².